The number of hydrogen-bond donors (Lipinski definition) is 1. The number of amides is 1. The predicted octanol–water partition coefficient (Wildman–Crippen LogP) is 2.47. The monoisotopic (exact) mass is 271 g/mol. The lowest BCUT2D eigenvalue weighted by molar-refractivity contribution is 0.0984. The first kappa shape index (κ1) is 12.6. The number of fused-ring (bicyclic) bond motifs is 1. The van der Waals surface area contributed by atoms with E-state index < -0.39 is 0 Å². The topological polar surface area (TPSA) is 45.2 Å². The van der Waals surface area contributed by atoms with Gasteiger partial charge in [-0.05, 0) is 36.2 Å². The van der Waals surface area contributed by atoms with Crippen LogP contribution in [0.2, 0.25) is 0 Å². The Bertz CT molecular complexity index is 655. The summed E-state index contributed by atoms with van der Waals surface area (Å²) in [6.45, 7) is 0.563. The highest BCUT2D eigenvalue weighted by molar-refractivity contribution is 6.06. The fourth-order valence-corrected chi connectivity index (χ4v) is 2.37. The molecule has 0 aliphatic carbocycles. The molecule has 2 aromatic rings. The fourth-order valence-electron chi connectivity index (χ4n) is 2.37. The van der Waals surface area contributed by atoms with Crippen molar-refractivity contribution in [3.05, 3.63) is 53.6 Å². The van der Waals surface area contributed by atoms with Gasteiger partial charge < -0.3 is 10.2 Å². The van der Waals surface area contributed by atoms with Crippen molar-refractivity contribution < 1.29 is 9.18 Å². The Kier molecular flexibility index (Phi) is 3.10. The summed E-state index contributed by atoms with van der Waals surface area (Å²) in [5.41, 5.74) is 2.84. The van der Waals surface area contributed by atoms with Gasteiger partial charge in [-0.3, -0.25) is 4.79 Å². The van der Waals surface area contributed by atoms with E-state index in [0.717, 1.165) is 17.7 Å². The van der Waals surface area contributed by atoms with Gasteiger partial charge in [-0.25, -0.2) is 9.37 Å². The SMILES string of the molecule is CNc1ccc(C(=O)N2CCc3ccc(F)cc32)nc1. The van der Waals surface area contributed by atoms with E-state index in [4.69, 9.17) is 0 Å². The minimum Gasteiger partial charge on any atom is -0.387 e. The number of rotatable bonds is 2. The van der Waals surface area contributed by atoms with Gasteiger partial charge in [0.15, 0.2) is 0 Å². The number of halogens is 1. The van der Waals surface area contributed by atoms with Crippen LogP contribution in [0.25, 0.3) is 0 Å². The first-order valence-electron chi connectivity index (χ1n) is 6.43. The van der Waals surface area contributed by atoms with E-state index >= 15 is 0 Å². The minimum absolute atomic E-state index is 0.197. The van der Waals surface area contributed by atoms with Crippen molar-refractivity contribution in [2.75, 3.05) is 23.8 Å². The maximum absolute atomic E-state index is 13.3. The molecule has 1 aliphatic rings. The summed E-state index contributed by atoms with van der Waals surface area (Å²) >= 11 is 0. The van der Waals surface area contributed by atoms with Crippen molar-refractivity contribution >= 4 is 17.3 Å². The molecular formula is C15H14FN3O. The van der Waals surface area contributed by atoms with Gasteiger partial charge in [-0.1, -0.05) is 6.07 Å². The molecule has 1 aromatic heterocycles. The van der Waals surface area contributed by atoms with Crippen molar-refractivity contribution in [2.45, 2.75) is 6.42 Å². The Balaban J connectivity index is 1.91. The van der Waals surface area contributed by atoms with Crippen LogP contribution in [0, 0.1) is 5.82 Å². The lowest BCUT2D eigenvalue weighted by atomic mass is 10.1. The van der Waals surface area contributed by atoms with Crippen LogP contribution >= 0.6 is 0 Å². The van der Waals surface area contributed by atoms with Crippen LogP contribution in [-0.2, 0) is 6.42 Å². The van der Waals surface area contributed by atoms with Crippen LogP contribution in [-0.4, -0.2) is 24.5 Å². The quantitative estimate of drug-likeness (QED) is 0.912. The number of hydrogen-bond acceptors (Lipinski definition) is 3. The normalized spacial score (nSPS) is 13.2. The summed E-state index contributed by atoms with van der Waals surface area (Å²) < 4.78 is 13.3. The second kappa shape index (κ2) is 4.92. The fraction of sp³-hybridized carbons (Fsp3) is 0.200. The van der Waals surface area contributed by atoms with Gasteiger partial charge in [0.2, 0.25) is 0 Å². The average Bonchev–Trinajstić information content (AvgIpc) is 2.89. The van der Waals surface area contributed by atoms with E-state index in [9.17, 15) is 9.18 Å². The number of nitrogens with zero attached hydrogens (tertiary/aromatic N) is 2. The smallest absolute Gasteiger partial charge is 0.276 e. The first-order chi connectivity index (χ1) is 9.69. The van der Waals surface area contributed by atoms with Gasteiger partial charge in [0.1, 0.15) is 11.5 Å². The number of anilines is 2. The number of nitrogens with one attached hydrogen (secondary N) is 1. The molecule has 0 atom stereocenters. The van der Waals surface area contributed by atoms with Crippen molar-refractivity contribution in [3.63, 3.8) is 0 Å². The molecule has 0 unspecified atom stereocenters. The average molecular weight is 271 g/mol. The number of aromatic nitrogens is 1. The van der Waals surface area contributed by atoms with E-state index in [1.165, 1.54) is 12.1 Å². The van der Waals surface area contributed by atoms with Gasteiger partial charge in [0, 0.05) is 13.6 Å². The largest absolute Gasteiger partial charge is 0.387 e. The van der Waals surface area contributed by atoms with E-state index in [0.29, 0.717) is 17.9 Å². The number of carbonyl (C=O) groups excluding carboxylic acids is 1. The van der Waals surface area contributed by atoms with Gasteiger partial charge in [0.25, 0.3) is 5.91 Å². The third-order valence-corrected chi connectivity index (χ3v) is 3.46. The van der Waals surface area contributed by atoms with Crippen LogP contribution < -0.4 is 10.2 Å². The maximum Gasteiger partial charge on any atom is 0.276 e. The van der Waals surface area contributed by atoms with E-state index in [1.54, 1.807) is 36.3 Å². The zero-order valence-corrected chi connectivity index (χ0v) is 11.1. The van der Waals surface area contributed by atoms with Crippen molar-refractivity contribution in [2.24, 2.45) is 0 Å². The van der Waals surface area contributed by atoms with Crippen LogP contribution in [0.3, 0.4) is 0 Å². The summed E-state index contributed by atoms with van der Waals surface area (Å²) in [6.07, 6.45) is 2.35. The Labute approximate surface area is 116 Å². The molecule has 20 heavy (non-hydrogen) atoms. The number of carbonyl (C=O) groups is 1. The number of benzene rings is 1. The third kappa shape index (κ3) is 2.11. The van der Waals surface area contributed by atoms with Crippen LogP contribution in [0.15, 0.2) is 36.5 Å². The molecule has 1 aromatic carbocycles. The minimum atomic E-state index is -0.332. The maximum atomic E-state index is 13.3. The molecule has 4 nitrogen and oxygen atoms in total. The molecule has 0 saturated carbocycles. The molecule has 3 rings (SSSR count). The Morgan fingerprint density at radius 2 is 2.20 bits per heavy atom. The zero-order chi connectivity index (χ0) is 14.1. The number of pyridine rings is 1. The molecule has 0 saturated heterocycles. The van der Waals surface area contributed by atoms with Gasteiger partial charge in [-0.2, -0.15) is 0 Å². The zero-order valence-electron chi connectivity index (χ0n) is 11.1. The van der Waals surface area contributed by atoms with Gasteiger partial charge >= 0.3 is 0 Å². The molecule has 0 spiro atoms. The second-order valence-corrected chi connectivity index (χ2v) is 4.66. The molecule has 1 N–H and O–H groups in total. The third-order valence-electron chi connectivity index (χ3n) is 3.46. The highest BCUT2D eigenvalue weighted by Gasteiger charge is 2.26. The Morgan fingerprint density at radius 1 is 1.35 bits per heavy atom. The molecule has 0 radical (unpaired) electrons. The molecule has 5 heteroatoms. The molecule has 0 bridgehead atoms. The van der Waals surface area contributed by atoms with Crippen molar-refractivity contribution in [1.29, 1.82) is 0 Å². The Morgan fingerprint density at radius 3 is 2.90 bits per heavy atom. The van der Waals surface area contributed by atoms with E-state index in [-0.39, 0.29) is 11.7 Å². The molecule has 0 fully saturated rings. The highest BCUT2D eigenvalue weighted by Crippen LogP contribution is 2.29. The van der Waals surface area contributed by atoms with Crippen molar-refractivity contribution in [1.82, 2.24) is 4.98 Å². The summed E-state index contributed by atoms with van der Waals surface area (Å²) in [5.74, 6) is -0.529. The van der Waals surface area contributed by atoms with Crippen LogP contribution in [0.4, 0.5) is 15.8 Å². The van der Waals surface area contributed by atoms with Gasteiger partial charge in [0.05, 0.1) is 17.6 Å². The molecule has 2 heterocycles. The highest BCUT2D eigenvalue weighted by atomic mass is 19.1. The summed E-state index contributed by atoms with van der Waals surface area (Å²) in [4.78, 5) is 18.2. The van der Waals surface area contributed by atoms with Crippen molar-refractivity contribution in [3.8, 4) is 0 Å². The predicted molar refractivity (Wildman–Crippen MR) is 75.6 cm³/mol. The molecular weight excluding hydrogens is 257 g/mol. The molecule has 1 amide bonds. The van der Waals surface area contributed by atoms with E-state index in [2.05, 4.69) is 10.3 Å². The lowest BCUT2D eigenvalue weighted by Crippen LogP contribution is -2.29. The van der Waals surface area contributed by atoms with Crippen LogP contribution in [0.1, 0.15) is 16.1 Å². The van der Waals surface area contributed by atoms with Crippen LogP contribution in [0.5, 0.6) is 0 Å². The van der Waals surface area contributed by atoms with Gasteiger partial charge in [-0.15, -0.1) is 0 Å². The standard InChI is InChI=1S/C15H14FN3O/c1-17-12-4-5-13(18-9-12)15(20)19-7-6-10-2-3-11(16)8-14(10)19/h2-5,8-9,17H,6-7H2,1H3. The molecule has 1 aliphatic heterocycles. The van der Waals surface area contributed by atoms with E-state index in [1.807, 2.05) is 0 Å². The lowest BCUT2D eigenvalue weighted by Gasteiger charge is -2.17. The summed E-state index contributed by atoms with van der Waals surface area (Å²) in [5, 5.41) is 2.95. The first-order valence-corrected chi connectivity index (χ1v) is 6.43. The Hall–Kier alpha value is -2.43. The second-order valence-electron chi connectivity index (χ2n) is 4.66. The molecule has 102 valence electrons. The summed E-state index contributed by atoms with van der Waals surface area (Å²) in [7, 11) is 1.79. The summed E-state index contributed by atoms with van der Waals surface area (Å²) in [6, 6.07) is 8.03.